The van der Waals surface area contributed by atoms with E-state index >= 15 is 0 Å². The molecule has 0 aromatic heterocycles. The topological polar surface area (TPSA) is 26.3 Å². The van der Waals surface area contributed by atoms with Crippen molar-refractivity contribution in [3.63, 3.8) is 0 Å². The first-order chi connectivity index (χ1) is 7.79. The average Bonchev–Trinajstić information content (AvgIpc) is 2.19. The second-order valence-electron chi connectivity index (χ2n) is 5.07. The van der Waals surface area contributed by atoms with Gasteiger partial charge in [-0.25, -0.2) is 13.6 Å². The highest BCUT2D eigenvalue weighted by Gasteiger charge is 2.16. The maximum Gasteiger partial charge on any atom is 0.341 e. The number of ether oxygens (including phenoxy) is 1. The molecule has 4 heteroatoms. The number of hydrogen-bond donors (Lipinski definition) is 0. The van der Waals surface area contributed by atoms with Crippen LogP contribution in [-0.2, 0) is 4.74 Å². The second-order valence-corrected chi connectivity index (χ2v) is 5.07. The largest absolute Gasteiger partial charge is 0.462 e. The van der Waals surface area contributed by atoms with Crippen molar-refractivity contribution in [2.24, 2.45) is 5.41 Å². The zero-order valence-corrected chi connectivity index (χ0v) is 10.2. The van der Waals surface area contributed by atoms with Gasteiger partial charge in [0, 0.05) is 0 Å². The summed E-state index contributed by atoms with van der Waals surface area (Å²) in [5.74, 6) is -2.26. The minimum absolute atomic E-state index is 0.0285. The molecule has 0 amide bonds. The Bertz CT molecular complexity index is 408. The summed E-state index contributed by atoms with van der Waals surface area (Å²) in [5, 5.41) is 0. The number of halogens is 2. The monoisotopic (exact) mass is 242 g/mol. The fourth-order valence-electron chi connectivity index (χ4n) is 1.18. The maximum absolute atomic E-state index is 13.2. The molecule has 0 N–H and O–H groups in total. The van der Waals surface area contributed by atoms with Crippen molar-refractivity contribution in [1.82, 2.24) is 0 Å². The molecule has 1 aromatic carbocycles. The van der Waals surface area contributed by atoms with Crippen molar-refractivity contribution in [2.45, 2.75) is 27.2 Å². The van der Waals surface area contributed by atoms with Gasteiger partial charge in [-0.15, -0.1) is 0 Å². The van der Waals surface area contributed by atoms with Crippen LogP contribution in [0.2, 0.25) is 0 Å². The third-order valence-corrected chi connectivity index (χ3v) is 2.23. The van der Waals surface area contributed by atoms with E-state index in [0.717, 1.165) is 18.2 Å². The first-order valence-corrected chi connectivity index (χ1v) is 5.42. The first-order valence-electron chi connectivity index (χ1n) is 5.42. The van der Waals surface area contributed by atoms with Crippen LogP contribution in [0.3, 0.4) is 0 Å². The maximum atomic E-state index is 13.2. The van der Waals surface area contributed by atoms with Gasteiger partial charge in [0.25, 0.3) is 0 Å². The van der Waals surface area contributed by atoms with E-state index in [0.29, 0.717) is 6.42 Å². The van der Waals surface area contributed by atoms with Gasteiger partial charge in [-0.1, -0.05) is 20.8 Å². The Labute approximate surface area is 99.6 Å². The van der Waals surface area contributed by atoms with Gasteiger partial charge in [-0.3, -0.25) is 0 Å². The van der Waals surface area contributed by atoms with E-state index < -0.39 is 17.6 Å². The lowest BCUT2D eigenvalue weighted by Crippen LogP contribution is -2.14. The summed E-state index contributed by atoms with van der Waals surface area (Å²) in [6, 6.07) is 2.71. The quantitative estimate of drug-likeness (QED) is 0.757. The van der Waals surface area contributed by atoms with Crippen LogP contribution in [0, 0.1) is 17.0 Å². The van der Waals surface area contributed by atoms with E-state index in [9.17, 15) is 13.6 Å². The van der Waals surface area contributed by atoms with Crippen LogP contribution in [0.5, 0.6) is 0 Å². The zero-order chi connectivity index (χ0) is 13.1. The highest BCUT2D eigenvalue weighted by molar-refractivity contribution is 5.89. The Kier molecular flexibility index (Phi) is 4.21. The molecule has 0 atom stereocenters. The first kappa shape index (κ1) is 13.6. The standard InChI is InChI=1S/C13H16F2O2/c1-13(2,3)6-7-17-12(16)10-8-9(14)4-5-11(10)15/h4-5,8H,6-7H2,1-3H3. The Morgan fingerprint density at radius 1 is 1.29 bits per heavy atom. The van der Waals surface area contributed by atoms with Crippen molar-refractivity contribution in [3.05, 3.63) is 35.4 Å². The fourth-order valence-corrected chi connectivity index (χ4v) is 1.18. The van der Waals surface area contributed by atoms with Gasteiger partial charge in [0.05, 0.1) is 12.2 Å². The molecule has 17 heavy (non-hydrogen) atoms. The van der Waals surface area contributed by atoms with Gasteiger partial charge in [0.1, 0.15) is 11.6 Å². The minimum atomic E-state index is -0.828. The van der Waals surface area contributed by atoms with E-state index in [4.69, 9.17) is 4.74 Å². The van der Waals surface area contributed by atoms with Crippen LogP contribution in [0.25, 0.3) is 0 Å². The molecule has 0 aliphatic rings. The van der Waals surface area contributed by atoms with E-state index in [1.165, 1.54) is 0 Å². The van der Waals surface area contributed by atoms with Crippen LogP contribution < -0.4 is 0 Å². The number of hydrogen-bond acceptors (Lipinski definition) is 2. The lowest BCUT2D eigenvalue weighted by molar-refractivity contribution is 0.0459. The summed E-state index contributed by atoms with van der Waals surface area (Å²) >= 11 is 0. The average molecular weight is 242 g/mol. The molecule has 0 radical (unpaired) electrons. The van der Waals surface area contributed by atoms with Crippen LogP contribution >= 0.6 is 0 Å². The lowest BCUT2D eigenvalue weighted by Gasteiger charge is -2.17. The molecule has 94 valence electrons. The number of esters is 1. The van der Waals surface area contributed by atoms with Crippen LogP contribution in [0.1, 0.15) is 37.6 Å². The molecule has 0 fully saturated rings. The Morgan fingerprint density at radius 3 is 2.53 bits per heavy atom. The third kappa shape index (κ3) is 4.51. The van der Waals surface area contributed by atoms with Crippen molar-refractivity contribution in [3.8, 4) is 0 Å². The van der Waals surface area contributed by atoms with Crippen molar-refractivity contribution in [2.75, 3.05) is 6.61 Å². The molecule has 0 spiro atoms. The summed E-state index contributed by atoms with van der Waals surface area (Å²) in [6.07, 6.45) is 0.662. The molecule has 0 heterocycles. The normalized spacial score (nSPS) is 11.4. The number of carbonyl (C=O) groups is 1. The Balaban J connectivity index is 2.61. The number of rotatable bonds is 3. The highest BCUT2D eigenvalue weighted by atomic mass is 19.1. The van der Waals surface area contributed by atoms with Crippen molar-refractivity contribution in [1.29, 1.82) is 0 Å². The molecule has 0 unspecified atom stereocenters. The summed E-state index contributed by atoms with van der Waals surface area (Å²) in [5.41, 5.74) is -0.334. The summed E-state index contributed by atoms with van der Waals surface area (Å²) in [7, 11) is 0. The number of carbonyl (C=O) groups excluding carboxylic acids is 1. The Morgan fingerprint density at radius 2 is 1.94 bits per heavy atom. The minimum Gasteiger partial charge on any atom is -0.462 e. The number of benzene rings is 1. The van der Waals surface area contributed by atoms with Gasteiger partial charge >= 0.3 is 5.97 Å². The van der Waals surface area contributed by atoms with E-state index in [1.54, 1.807) is 0 Å². The fraction of sp³-hybridized carbons (Fsp3) is 0.462. The molecule has 0 aliphatic carbocycles. The van der Waals surface area contributed by atoms with Gasteiger partial charge in [-0.05, 0) is 30.0 Å². The van der Waals surface area contributed by atoms with Crippen molar-refractivity contribution < 1.29 is 18.3 Å². The van der Waals surface area contributed by atoms with Gasteiger partial charge in [0.2, 0.25) is 0 Å². The van der Waals surface area contributed by atoms with Gasteiger partial charge in [-0.2, -0.15) is 0 Å². The highest BCUT2D eigenvalue weighted by Crippen LogP contribution is 2.18. The molecular formula is C13H16F2O2. The molecule has 1 aromatic rings. The lowest BCUT2D eigenvalue weighted by atomic mass is 9.93. The van der Waals surface area contributed by atoms with Crippen LogP contribution in [0.15, 0.2) is 18.2 Å². The molecule has 0 aliphatic heterocycles. The molecular weight excluding hydrogens is 226 g/mol. The Hall–Kier alpha value is -1.45. The smallest absolute Gasteiger partial charge is 0.341 e. The van der Waals surface area contributed by atoms with Crippen LogP contribution in [0.4, 0.5) is 8.78 Å². The molecule has 0 bridgehead atoms. The SMILES string of the molecule is CC(C)(C)CCOC(=O)c1cc(F)ccc1F. The third-order valence-electron chi connectivity index (χ3n) is 2.23. The summed E-state index contributed by atoms with van der Waals surface area (Å²) in [4.78, 5) is 11.5. The molecule has 0 saturated heterocycles. The molecule has 1 rings (SSSR count). The van der Waals surface area contributed by atoms with Crippen LogP contribution in [-0.4, -0.2) is 12.6 Å². The van der Waals surface area contributed by atoms with E-state index in [-0.39, 0.29) is 17.6 Å². The zero-order valence-electron chi connectivity index (χ0n) is 10.2. The van der Waals surface area contributed by atoms with E-state index in [2.05, 4.69) is 0 Å². The summed E-state index contributed by atoms with van der Waals surface area (Å²) in [6.45, 7) is 6.20. The predicted octanol–water partition coefficient (Wildman–Crippen LogP) is 3.56. The summed E-state index contributed by atoms with van der Waals surface area (Å²) < 4.78 is 31.0. The van der Waals surface area contributed by atoms with Gasteiger partial charge in [0.15, 0.2) is 0 Å². The van der Waals surface area contributed by atoms with Gasteiger partial charge < -0.3 is 4.74 Å². The molecule has 0 saturated carbocycles. The molecule has 2 nitrogen and oxygen atoms in total. The second kappa shape index (κ2) is 5.25. The van der Waals surface area contributed by atoms with Crippen molar-refractivity contribution >= 4 is 5.97 Å². The predicted molar refractivity (Wildman–Crippen MR) is 60.7 cm³/mol. The van der Waals surface area contributed by atoms with E-state index in [1.807, 2.05) is 20.8 Å².